The third kappa shape index (κ3) is 4.91. The van der Waals surface area contributed by atoms with Gasteiger partial charge in [-0.1, -0.05) is 17.7 Å². The number of hydrogen-bond donors (Lipinski definition) is 1. The smallest absolute Gasteiger partial charge is 0.266 e. The van der Waals surface area contributed by atoms with Crippen LogP contribution in [-0.4, -0.2) is 43.1 Å². The lowest BCUT2D eigenvalue weighted by atomic mass is 10.3. The Kier molecular flexibility index (Phi) is 5.82. The number of carbonyl (C=O) groups excluding carboxylic acids is 1. The molecular weight excluding hydrogens is 372 g/mol. The minimum Gasteiger partial charge on any atom is -0.481 e. The van der Waals surface area contributed by atoms with E-state index in [1.54, 1.807) is 37.3 Å². The van der Waals surface area contributed by atoms with Crippen molar-refractivity contribution in [2.75, 3.05) is 6.54 Å². The number of carbonyl (C=O) groups is 1. The number of ether oxygens (including phenoxy) is 1. The predicted octanol–water partition coefficient (Wildman–Crippen LogP) is 1.06. The van der Waals surface area contributed by atoms with Crippen molar-refractivity contribution in [3.05, 3.63) is 64.4 Å². The van der Waals surface area contributed by atoms with Crippen LogP contribution in [0.3, 0.4) is 0 Å². The molecule has 1 N–H and O–H groups in total. The zero-order valence-electron chi connectivity index (χ0n) is 14.4. The molecule has 0 aliphatic rings. The number of amides is 1. The van der Waals surface area contributed by atoms with E-state index < -0.39 is 6.10 Å². The third-order valence-corrected chi connectivity index (χ3v) is 3.84. The van der Waals surface area contributed by atoms with Crippen molar-refractivity contribution in [2.45, 2.75) is 19.6 Å². The maximum atomic E-state index is 12.2. The summed E-state index contributed by atoms with van der Waals surface area (Å²) in [4.78, 5) is 27.9. The Labute approximate surface area is 159 Å². The van der Waals surface area contributed by atoms with Crippen LogP contribution in [0.4, 0.5) is 0 Å². The Bertz CT molecular complexity index is 973. The summed E-state index contributed by atoms with van der Waals surface area (Å²) in [6.07, 6.45) is 2.14. The highest BCUT2D eigenvalue weighted by molar-refractivity contribution is 6.30. The molecule has 2 heterocycles. The van der Waals surface area contributed by atoms with Gasteiger partial charge in [-0.05, 0) is 31.2 Å². The van der Waals surface area contributed by atoms with Gasteiger partial charge in [0.25, 0.3) is 11.5 Å². The van der Waals surface area contributed by atoms with Crippen LogP contribution >= 0.6 is 11.6 Å². The van der Waals surface area contributed by atoms with Gasteiger partial charge in [0.2, 0.25) is 0 Å². The molecule has 0 unspecified atom stereocenters. The van der Waals surface area contributed by atoms with Crippen LogP contribution in [0.15, 0.2) is 53.8 Å². The molecule has 0 aliphatic carbocycles. The summed E-state index contributed by atoms with van der Waals surface area (Å²) in [6, 6.07) is 9.74. The van der Waals surface area contributed by atoms with Crippen molar-refractivity contribution < 1.29 is 9.53 Å². The highest BCUT2D eigenvalue weighted by Gasteiger charge is 2.14. The normalized spacial score (nSPS) is 11.8. The molecule has 0 saturated heterocycles. The topological polar surface area (TPSA) is 104 Å². The molecule has 140 valence electrons. The van der Waals surface area contributed by atoms with E-state index >= 15 is 0 Å². The highest BCUT2D eigenvalue weighted by Crippen LogP contribution is 2.18. The fourth-order valence-electron chi connectivity index (χ4n) is 2.27. The molecule has 0 aliphatic heterocycles. The standard InChI is InChI=1S/C17H17ClN6O3/c1-12(27-14-4-2-3-13(18)9-14)17(26)20-7-8-23-16(25)6-5-15(22-23)24-11-19-10-21-24/h2-6,9-12H,7-8H2,1H3,(H,20,26)/t12-/m0/s1. The molecule has 3 aromatic rings. The van der Waals surface area contributed by atoms with Crippen molar-refractivity contribution >= 4 is 17.5 Å². The second kappa shape index (κ2) is 8.45. The van der Waals surface area contributed by atoms with Crippen LogP contribution in [-0.2, 0) is 11.3 Å². The molecule has 10 heteroatoms. The molecule has 0 fully saturated rings. The lowest BCUT2D eigenvalue weighted by Gasteiger charge is -2.15. The zero-order chi connectivity index (χ0) is 19.2. The summed E-state index contributed by atoms with van der Waals surface area (Å²) in [6.45, 7) is 2.05. The summed E-state index contributed by atoms with van der Waals surface area (Å²) in [7, 11) is 0. The van der Waals surface area contributed by atoms with Gasteiger partial charge in [0.1, 0.15) is 18.4 Å². The summed E-state index contributed by atoms with van der Waals surface area (Å²) in [5.74, 6) is 0.648. The van der Waals surface area contributed by atoms with Gasteiger partial charge in [0.15, 0.2) is 11.9 Å². The van der Waals surface area contributed by atoms with Crippen LogP contribution in [0.1, 0.15) is 6.92 Å². The van der Waals surface area contributed by atoms with E-state index in [4.69, 9.17) is 16.3 Å². The lowest BCUT2D eigenvalue weighted by Crippen LogP contribution is -2.39. The molecule has 0 bridgehead atoms. The van der Waals surface area contributed by atoms with Gasteiger partial charge < -0.3 is 10.1 Å². The SMILES string of the molecule is C[C@H](Oc1cccc(Cl)c1)C(=O)NCCn1nc(-n2cncn2)ccc1=O. The highest BCUT2D eigenvalue weighted by atomic mass is 35.5. The molecule has 3 rings (SSSR count). The van der Waals surface area contributed by atoms with Gasteiger partial charge in [-0.15, -0.1) is 5.10 Å². The van der Waals surface area contributed by atoms with Crippen molar-refractivity contribution in [1.29, 1.82) is 0 Å². The minimum absolute atomic E-state index is 0.205. The van der Waals surface area contributed by atoms with Crippen LogP contribution in [0.25, 0.3) is 5.82 Å². The first kappa shape index (κ1) is 18.6. The molecule has 1 amide bonds. The van der Waals surface area contributed by atoms with Gasteiger partial charge >= 0.3 is 0 Å². The number of benzene rings is 1. The maximum Gasteiger partial charge on any atom is 0.266 e. The summed E-state index contributed by atoms with van der Waals surface area (Å²) in [5, 5.41) is 11.4. The first-order valence-electron chi connectivity index (χ1n) is 8.16. The van der Waals surface area contributed by atoms with Crippen LogP contribution in [0, 0.1) is 0 Å². The molecule has 0 radical (unpaired) electrons. The van der Waals surface area contributed by atoms with Crippen LogP contribution < -0.4 is 15.6 Å². The molecule has 1 aromatic carbocycles. The van der Waals surface area contributed by atoms with E-state index in [1.807, 2.05) is 0 Å². The van der Waals surface area contributed by atoms with E-state index in [1.165, 1.54) is 28.1 Å². The van der Waals surface area contributed by atoms with Crippen molar-refractivity contribution in [1.82, 2.24) is 29.9 Å². The predicted molar refractivity (Wildman–Crippen MR) is 98.0 cm³/mol. The number of rotatable bonds is 7. The second-order valence-electron chi connectivity index (χ2n) is 5.60. The van der Waals surface area contributed by atoms with Gasteiger partial charge in [-0.3, -0.25) is 9.59 Å². The largest absolute Gasteiger partial charge is 0.481 e. The first-order valence-corrected chi connectivity index (χ1v) is 8.54. The minimum atomic E-state index is -0.713. The molecular formula is C17H17ClN6O3. The molecule has 2 aromatic heterocycles. The number of aromatic nitrogens is 5. The number of hydrogen-bond acceptors (Lipinski definition) is 6. The zero-order valence-corrected chi connectivity index (χ0v) is 15.2. The van der Waals surface area contributed by atoms with Crippen molar-refractivity contribution in [3.8, 4) is 11.6 Å². The van der Waals surface area contributed by atoms with Crippen LogP contribution in [0.5, 0.6) is 5.75 Å². The van der Waals surface area contributed by atoms with Crippen molar-refractivity contribution in [2.24, 2.45) is 0 Å². The first-order chi connectivity index (χ1) is 13.0. The van der Waals surface area contributed by atoms with E-state index in [2.05, 4.69) is 20.5 Å². The maximum absolute atomic E-state index is 12.2. The van der Waals surface area contributed by atoms with E-state index in [-0.39, 0.29) is 24.6 Å². The van der Waals surface area contributed by atoms with E-state index in [0.29, 0.717) is 16.6 Å². The molecule has 27 heavy (non-hydrogen) atoms. The van der Waals surface area contributed by atoms with Crippen molar-refractivity contribution in [3.63, 3.8) is 0 Å². The van der Waals surface area contributed by atoms with Crippen LogP contribution in [0.2, 0.25) is 5.02 Å². The average Bonchev–Trinajstić information content (AvgIpc) is 3.18. The Morgan fingerprint density at radius 3 is 2.93 bits per heavy atom. The van der Waals surface area contributed by atoms with E-state index in [0.717, 1.165) is 0 Å². The Balaban J connectivity index is 1.55. The number of nitrogens with zero attached hydrogens (tertiary/aromatic N) is 5. The number of halogens is 1. The third-order valence-electron chi connectivity index (χ3n) is 3.61. The molecule has 0 spiro atoms. The monoisotopic (exact) mass is 388 g/mol. The summed E-state index contributed by atoms with van der Waals surface area (Å²) in [5.41, 5.74) is -0.281. The van der Waals surface area contributed by atoms with Gasteiger partial charge in [0.05, 0.1) is 6.54 Å². The fraction of sp³-hybridized carbons (Fsp3) is 0.235. The Hall–Kier alpha value is -3.20. The summed E-state index contributed by atoms with van der Waals surface area (Å²) < 4.78 is 8.24. The molecule has 1 atom stereocenters. The molecule has 9 nitrogen and oxygen atoms in total. The fourth-order valence-corrected chi connectivity index (χ4v) is 2.45. The van der Waals surface area contributed by atoms with Gasteiger partial charge in [-0.2, -0.15) is 5.10 Å². The Morgan fingerprint density at radius 1 is 1.33 bits per heavy atom. The average molecular weight is 389 g/mol. The second-order valence-corrected chi connectivity index (χ2v) is 6.04. The lowest BCUT2D eigenvalue weighted by molar-refractivity contribution is -0.127. The van der Waals surface area contributed by atoms with Gasteiger partial charge in [0, 0.05) is 17.6 Å². The quantitative estimate of drug-likeness (QED) is 0.649. The molecule has 0 saturated carbocycles. The number of nitrogens with one attached hydrogen (secondary N) is 1. The van der Waals surface area contributed by atoms with E-state index in [9.17, 15) is 9.59 Å². The Morgan fingerprint density at radius 2 is 2.19 bits per heavy atom. The summed E-state index contributed by atoms with van der Waals surface area (Å²) >= 11 is 5.89. The van der Waals surface area contributed by atoms with Gasteiger partial charge in [-0.25, -0.2) is 14.3 Å².